The molecule has 7 unspecified atom stereocenters. The topological polar surface area (TPSA) is 265 Å². The molecule has 0 bridgehead atoms. The van der Waals surface area contributed by atoms with Crippen LogP contribution in [0.5, 0.6) is 0 Å². The molecule has 23 heteroatoms. The van der Waals surface area contributed by atoms with Crippen LogP contribution >= 0.6 is 0 Å². The molecule has 9 aromatic rings. The summed E-state index contributed by atoms with van der Waals surface area (Å²) in [6.45, 7) is 10.8. The summed E-state index contributed by atoms with van der Waals surface area (Å²) in [6, 6.07) is 21.9. The van der Waals surface area contributed by atoms with Crippen LogP contribution in [0, 0.1) is 37.5 Å². The maximum atomic E-state index is 12.6. The molecule has 1 amide bonds. The number of nitrogens with two attached hydrogens (primary N) is 1. The van der Waals surface area contributed by atoms with Gasteiger partial charge in [0, 0.05) is 101 Å². The minimum absolute atomic E-state index is 0.0825. The molecule has 0 radical (unpaired) electrons. The van der Waals surface area contributed by atoms with E-state index in [4.69, 9.17) is 44.6 Å². The Kier molecular flexibility index (Phi) is 13.0. The lowest BCUT2D eigenvalue weighted by atomic mass is 9.95. The van der Waals surface area contributed by atoms with E-state index in [1.807, 2.05) is 97.9 Å². The van der Waals surface area contributed by atoms with Gasteiger partial charge >= 0.3 is 6.09 Å². The lowest BCUT2D eigenvalue weighted by molar-refractivity contribution is -0.0368. The van der Waals surface area contributed by atoms with Crippen molar-refractivity contribution in [3.05, 3.63) is 131 Å². The van der Waals surface area contributed by atoms with Gasteiger partial charge in [-0.1, -0.05) is 40.6 Å². The summed E-state index contributed by atoms with van der Waals surface area (Å²) in [6.07, 6.45) is 15.2. The maximum absolute atomic E-state index is 12.6. The van der Waals surface area contributed by atoms with Crippen molar-refractivity contribution < 1.29 is 23.7 Å². The van der Waals surface area contributed by atoms with E-state index in [0.717, 1.165) is 182 Å². The molecule has 7 atom stereocenters. The summed E-state index contributed by atoms with van der Waals surface area (Å²) in [4.78, 5) is 52.5. The Morgan fingerprint density at radius 3 is 1.98 bits per heavy atom. The Balaban J connectivity index is 0.000000153. The molecule has 2 saturated carbocycles. The van der Waals surface area contributed by atoms with Crippen molar-refractivity contribution in [1.82, 2.24) is 65.1 Å². The van der Waals surface area contributed by atoms with Gasteiger partial charge in [0.25, 0.3) is 0 Å². The van der Waals surface area contributed by atoms with E-state index in [9.17, 15) is 9.90 Å². The Morgan fingerprint density at radius 2 is 1.35 bits per heavy atom. The number of hydrogen-bond acceptors (Lipinski definition) is 19. The van der Waals surface area contributed by atoms with Gasteiger partial charge in [0.1, 0.15) is 23.2 Å². The first kappa shape index (κ1) is 52.2. The third kappa shape index (κ3) is 8.87. The number of benzene rings is 1. The number of carbonyl (C=O) groups is 1. The van der Waals surface area contributed by atoms with Crippen LogP contribution in [0.25, 0.3) is 22.3 Å². The standard InChI is InChI=1S/C37H41N9O4.C24H27N9O/c1-24-19-30(42-50-24)37(23-44(36(47)48)21-25-9-3-2-4-10-25)26-14-17-43(22-27(26)37)31-20-39-33-34(40-31)46(32-13-5-6-18-49-32)41-35(33)45-16-8-11-28-29(45)12-7-15-38-28;1-14-10-19(31-34-14)24(13-25)15-6-9-32(12-16(15)24)20-11-27-21-22(28-20)29-30-23(21)33-8-3-4-17-18(33)5-2-7-26-17/h2-4,7,9-10,12,15,19-20,26-27,32H,5-6,8,11,13-14,16-18,21-23H2,1H3,(H,47,48);2,5,7,10-11,15-16H,3-4,6,8-9,12-13,25H2,1H3,(H,28,29,30). The number of aromatic amines is 1. The number of nitrogens with one attached hydrogen (secondary N) is 1. The highest BCUT2D eigenvalue weighted by atomic mass is 16.5. The number of piperidine rings is 2. The Morgan fingerprint density at radius 1 is 0.714 bits per heavy atom. The molecular weight excluding hydrogens is 1060 g/mol. The van der Waals surface area contributed by atoms with E-state index in [2.05, 4.69) is 62.2 Å². The van der Waals surface area contributed by atoms with Gasteiger partial charge in [-0.25, -0.2) is 29.4 Å². The molecule has 432 valence electrons. The Bertz CT molecular complexity index is 3900. The largest absolute Gasteiger partial charge is 0.465 e. The van der Waals surface area contributed by atoms with E-state index < -0.39 is 11.5 Å². The van der Waals surface area contributed by atoms with Crippen molar-refractivity contribution in [3.8, 4) is 0 Å². The quantitative estimate of drug-likeness (QED) is 0.104. The number of aromatic nitrogens is 12. The number of anilines is 6. The van der Waals surface area contributed by atoms with Crippen LogP contribution < -0.4 is 25.3 Å². The van der Waals surface area contributed by atoms with E-state index in [0.29, 0.717) is 50.3 Å². The van der Waals surface area contributed by atoms with E-state index in [1.54, 1.807) is 0 Å². The SMILES string of the molecule is Cc1cc(C2(CN(Cc3ccccc3)C(=O)O)C3CCN(c4cnc5c(N6CCCc7ncccc76)nn(C6CCCCO6)c5n4)CC32)no1.Cc1cc(C2(CN)C3CCN(c4cnc5c(N6CCCc7ncccc76)n[nH]c5n4)CC32)no1. The fourth-order valence-electron chi connectivity index (χ4n) is 15.0. The van der Waals surface area contributed by atoms with Gasteiger partial charge in [0.2, 0.25) is 0 Å². The number of ether oxygens (including phenoxy) is 1. The number of amides is 1. The molecule has 3 saturated heterocycles. The van der Waals surface area contributed by atoms with Crippen molar-refractivity contribution >= 4 is 63.1 Å². The highest BCUT2D eigenvalue weighted by Gasteiger charge is 2.69. The third-order valence-electron chi connectivity index (χ3n) is 19.2. The van der Waals surface area contributed by atoms with Crippen LogP contribution in [0.2, 0.25) is 0 Å². The van der Waals surface area contributed by atoms with Crippen LogP contribution in [0.4, 0.5) is 39.4 Å². The van der Waals surface area contributed by atoms with Crippen LogP contribution in [0.1, 0.15) is 91.0 Å². The summed E-state index contributed by atoms with van der Waals surface area (Å²) >= 11 is 0. The zero-order chi connectivity index (χ0) is 56.7. The summed E-state index contributed by atoms with van der Waals surface area (Å²) in [5.41, 5.74) is 15.9. The second kappa shape index (κ2) is 20.9. The summed E-state index contributed by atoms with van der Waals surface area (Å²) in [5.74, 6) is 6.26. The number of H-pyrrole nitrogens is 1. The molecule has 1 aromatic carbocycles. The van der Waals surface area contributed by atoms with Gasteiger partial charge < -0.3 is 49.1 Å². The molecule has 0 spiro atoms. The van der Waals surface area contributed by atoms with Gasteiger partial charge in [-0.15, -0.1) is 5.10 Å². The number of rotatable bonds is 12. The van der Waals surface area contributed by atoms with Gasteiger partial charge in [-0.05, 0) is 125 Å². The van der Waals surface area contributed by atoms with Gasteiger partial charge in [-0.3, -0.25) is 15.1 Å². The second-order valence-electron chi connectivity index (χ2n) is 23.9. The van der Waals surface area contributed by atoms with Crippen molar-refractivity contribution in [3.63, 3.8) is 0 Å². The van der Waals surface area contributed by atoms with Gasteiger partial charge in [0.05, 0.1) is 46.5 Å². The molecule has 8 aromatic heterocycles. The molecule has 16 rings (SSSR count). The van der Waals surface area contributed by atoms with Gasteiger partial charge in [-0.2, -0.15) is 5.10 Å². The molecular formula is C61H68N18O5. The normalized spacial score (nSPS) is 25.1. The molecule has 23 nitrogen and oxygen atoms in total. The molecule has 13 heterocycles. The summed E-state index contributed by atoms with van der Waals surface area (Å²) in [7, 11) is 0. The molecule has 2 aliphatic carbocycles. The predicted octanol–water partition coefficient (Wildman–Crippen LogP) is 8.36. The van der Waals surface area contributed by atoms with Gasteiger partial charge in [0.15, 0.2) is 40.2 Å². The number of hydrogen-bond donors (Lipinski definition) is 3. The first-order valence-electron chi connectivity index (χ1n) is 29.8. The highest BCUT2D eigenvalue weighted by Crippen LogP contribution is 2.65. The third-order valence-corrected chi connectivity index (χ3v) is 19.2. The molecule has 84 heavy (non-hydrogen) atoms. The maximum Gasteiger partial charge on any atom is 0.407 e. The molecule has 7 aliphatic rings. The van der Waals surface area contributed by atoms with Crippen LogP contribution in [-0.4, -0.2) is 135 Å². The van der Waals surface area contributed by atoms with Crippen LogP contribution in [0.3, 0.4) is 0 Å². The van der Waals surface area contributed by atoms with E-state index in [1.165, 1.54) is 4.90 Å². The van der Waals surface area contributed by atoms with E-state index in [-0.39, 0.29) is 23.5 Å². The fraction of sp³-hybridized carbons (Fsp3) is 0.459. The average molecular weight is 1130 g/mol. The summed E-state index contributed by atoms with van der Waals surface area (Å²) in [5, 5.41) is 32.0. The van der Waals surface area contributed by atoms with Crippen molar-refractivity contribution in [2.24, 2.45) is 29.4 Å². The molecule has 5 fully saturated rings. The number of fused-ring (bicyclic) bond motifs is 6. The number of pyridine rings is 2. The predicted molar refractivity (Wildman–Crippen MR) is 312 cm³/mol. The van der Waals surface area contributed by atoms with Crippen molar-refractivity contribution in [2.45, 2.75) is 95.2 Å². The van der Waals surface area contributed by atoms with Crippen LogP contribution in [-0.2, 0) is 35.0 Å². The lowest BCUT2D eigenvalue weighted by Gasteiger charge is -2.29. The van der Waals surface area contributed by atoms with E-state index >= 15 is 0 Å². The minimum atomic E-state index is -0.939. The zero-order valence-corrected chi connectivity index (χ0v) is 47.3. The highest BCUT2D eigenvalue weighted by molar-refractivity contribution is 5.89. The smallest absolute Gasteiger partial charge is 0.407 e. The average Bonchev–Trinajstić information content (AvgIpc) is 1.58. The Labute approximate surface area is 484 Å². The summed E-state index contributed by atoms with van der Waals surface area (Å²) < 4.78 is 19.2. The fourth-order valence-corrected chi connectivity index (χ4v) is 15.0. The first-order chi connectivity index (χ1) is 41.2. The number of carboxylic acid groups (broad SMARTS) is 1. The van der Waals surface area contributed by atoms with Crippen molar-refractivity contribution in [1.29, 1.82) is 0 Å². The monoisotopic (exact) mass is 1130 g/mol. The first-order valence-corrected chi connectivity index (χ1v) is 29.8. The minimum Gasteiger partial charge on any atom is -0.465 e. The number of aryl methyl sites for hydroxylation is 4. The molecule has 4 N–H and O–H groups in total. The Hall–Kier alpha value is -8.57. The zero-order valence-electron chi connectivity index (χ0n) is 47.3. The number of nitrogens with zero attached hydrogens (tertiary/aromatic N) is 16. The molecule has 5 aliphatic heterocycles. The second-order valence-corrected chi connectivity index (χ2v) is 23.9. The lowest BCUT2D eigenvalue weighted by Crippen LogP contribution is -2.38. The van der Waals surface area contributed by atoms with Crippen molar-refractivity contribution in [2.75, 3.05) is 78.6 Å². The van der Waals surface area contributed by atoms with Crippen LogP contribution in [0.15, 0.2) is 101 Å².